The summed E-state index contributed by atoms with van der Waals surface area (Å²) in [5, 5.41) is 0. The molecule has 1 heterocycles. The quantitative estimate of drug-likeness (QED) is 0.369. The van der Waals surface area contributed by atoms with Crippen LogP contribution in [-0.2, 0) is 32.6 Å². The normalized spacial score (nSPS) is 12.4. The van der Waals surface area contributed by atoms with E-state index in [4.69, 9.17) is 4.74 Å². The van der Waals surface area contributed by atoms with Crippen molar-refractivity contribution in [2.24, 2.45) is 4.99 Å². The molecule has 39 heavy (non-hydrogen) atoms. The van der Waals surface area contributed by atoms with E-state index >= 15 is 0 Å². The van der Waals surface area contributed by atoms with Crippen LogP contribution in [0.2, 0.25) is 0 Å². The third-order valence-corrected chi connectivity index (χ3v) is 8.69. The van der Waals surface area contributed by atoms with Crippen molar-refractivity contribution in [2.75, 3.05) is 27.7 Å². The fraction of sp³-hybridized carbons (Fsp3) is 0.500. The van der Waals surface area contributed by atoms with Crippen LogP contribution >= 0.6 is 0 Å². The van der Waals surface area contributed by atoms with Crippen molar-refractivity contribution in [2.45, 2.75) is 78.2 Å². The van der Waals surface area contributed by atoms with Crippen LogP contribution in [0.15, 0.2) is 40.2 Å². The Kier molecular flexibility index (Phi) is 11.9. The smallest absolute Gasteiger partial charge is 0.243 e. The first kappa shape index (κ1) is 32.2. The van der Waals surface area contributed by atoms with Gasteiger partial charge in [-0.3, -0.25) is 14.6 Å². The highest BCUT2D eigenvalue weighted by Gasteiger charge is 2.26. The van der Waals surface area contributed by atoms with Crippen LogP contribution in [0.4, 0.5) is 5.69 Å². The number of carbonyl (C=O) groups is 2. The summed E-state index contributed by atoms with van der Waals surface area (Å²) in [5.41, 5.74) is 6.09. The van der Waals surface area contributed by atoms with E-state index < -0.39 is 10.0 Å². The summed E-state index contributed by atoms with van der Waals surface area (Å²) in [6.07, 6.45) is 4.30. The van der Waals surface area contributed by atoms with Gasteiger partial charge in [-0.05, 0) is 67.1 Å². The summed E-state index contributed by atoms with van der Waals surface area (Å²) >= 11 is 0. The Labute approximate surface area is 234 Å². The molecule has 1 aliphatic heterocycles. The van der Waals surface area contributed by atoms with E-state index in [-0.39, 0.29) is 23.1 Å². The minimum absolute atomic E-state index is 0.0765. The molecule has 0 N–H and O–H groups in total. The molecule has 0 radical (unpaired) electrons. The molecule has 214 valence electrons. The van der Waals surface area contributed by atoms with Crippen LogP contribution in [0.5, 0.6) is 5.75 Å². The highest BCUT2D eigenvalue weighted by molar-refractivity contribution is 7.89. The molecular formula is C30H43N3O5S. The molecule has 0 atom stereocenters. The molecule has 2 aromatic carbocycles. The molecule has 1 aliphatic rings. The minimum Gasteiger partial charge on any atom is -0.497 e. The summed E-state index contributed by atoms with van der Waals surface area (Å²) in [6.45, 7) is 9.69. The molecule has 0 unspecified atom stereocenters. The topological polar surface area (TPSA) is 96.3 Å². The second kappa shape index (κ2) is 14.4. The maximum absolute atomic E-state index is 12.6. The molecule has 0 aromatic heterocycles. The van der Waals surface area contributed by atoms with Crippen molar-refractivity contribution in [3.05, 3.63) is 52.6 Å². The second-order valence-corrected chi connectivity index (χ2v) is 12.1. The number of amides is 1. The molecule has 2 aromatic rings. The van der Waals surface area contributed by atoms with Gasteiger partial charge in [0.05, 0.1) is 24.2 Å². The van der Waals surface area contributed by atoms with Gasteiger partial charge in [0.15, 0.2) is 0 Å². The number of nitrogens with zero attached hydrogens (tertiary/aromatic N) is 3. The zero-order valence-corrected chi connectivity index (χ0v) is 25.4. The average molecular weight is 558 g/mol. The number of methoxy groups -OCH3 is 1. The van der Waals surface area contributed by atoms with Gasteiger partial charge in [-0.1, -0.05) is 32.4 Å². The van der Waals surface area contributed by atoms with Crippen LogP contribution in [0.25, 0.3) is 0 Å². The van der Waals surface area contributed by atoms with Gasteiger partial charge in [0.1, 0.15) is 11.5 Å². The number of ether oxygens (including phenoxy) is 1. The molecule has 9 heteroatoms. The summed E-state index contributed by atoms with van der Waals surface area (Å²) in [4.78, 5) is 29.5. The predicted molar refractivity (Wildman–Crippen MR) is 156 cm³/mol. The number of sulfonamides is 1. The van der Waals surface area contributed by atoms with E-state index in [9.17, 15) is 18.0 Å². The Morgan fingerprint density at radius 1 is 1.03 bits per heavy atom. The lowest BCUT2D eigenvalue weighted by Crippen LogP contribution is -2.33. The van der Waals surface area contributed by atoms with Crippen LogP contribution in [0.3, 0.4) is 0 Å². The summed E-state index contributed by atoms with van der Waals surface area (Å²) in [6, 6.07) is 9.68. The molecule has 0 spiro atoms. The Hall–Kier alpha value is -3.04. The molecular weight excluding hydrogens is 514 g/mol. The molecule has 0 saturated carbocycles. The Morgan fingerprint density at radius 2 is 1.67 bits per heavy atom. The molecule has 8 nitrogen and oxygen atoms in total. The average Bonchev–Trinajstić information content (AvgIpc) is 3.25. The molecule has 3 rings (SSSR count). The third-order valence-electron chi connectivity index (χ3n) is 6.58. The van der Waals surface area contributed by atoms with E-state index in [0.717, 1.165) is 29.3 Å². The number of fused-ring (bicyclic) bond motifs is 1. The molecule has 1 amide bonds. The number of hydrogen-bond acceptors (Lipinski definition) is 6. The van der Waals surface area contributed by atoms with Crippen molar-refractivity contribution in [3.63, 3.8) is 0 Å². The first-order chi connectivity index (χ1) is 18.3. The van der Waals surface area contributed by atoms with Gasteiger partial charge in [0.25, 0.3) is 0 Å². The summed E-state index contributed by atoms with van der Waals surface area (Å²) < 4.78 is 31.5. The van der Waals surface area contributed by atoms with E-state index in [2.05, 4.69) is 30.1 Å². The second-order valence-electron chi connectivity index (χ2n) is 10.1. The van der Waals surface area contributed by atoms with Crippen LogP contribution in [0.1, 0.15) is 68.7 Å². The number of hydrogen-bond donors (Lipinski definition) is 0. The fourth-order valence-electron chi connectivity index (χ4n) is 4.52. The number of aryl methyl sites for hydroxylation is 2. The van der Waals surface area contributed by atoms with Gasteiger partial charge in [0, 0.05) is 46.1 Å². The molecule has 0 saturated heterocycles. The Bertz CT molecular complexity index is 1290. The number of carbonyl (C=O) groups excluding carboxylic acids is 2. The Morgan fingerprint density at radius 3 is 2.21 bits per heavy atom. The lowest BCUT2D eigenvalue weighted by atomic mass is 10.0. The highest BCUT2D eigenvalue weighted by atomic mass is 32.2. The number of aliphatic imine (C=N–C) groups is 1. The fourth-order valence-corrected chi connectivity index (χ4v) is 6.08. The maximum atomic E-state index is 12.6. The minimum atomic E-state index is -3.68. The maximum Gasteiger partial charge on any atom is 0.243 e. The molecule has 0 fully saturated rings. The van der Waals surface area contributed by atoms with E-state index in [1.165, 1.54) is 31.0 Å². The predicted octanol–water partition coefficient (Wildman–Crippen LogP) is 5.40. The number of likely N-dealkylation sites (N-methyl/N-ethyl adjacent to an activating group) is 1. The number of rotatable bonds is 11. The van der Waals surface area contributed by atoms with Gasteiger partial charge >= 0.3 is 0 Å². The van der Waals surface area contributed by atoms with E-state index in [1.54, 1.807) is 37.8 Å². The molecule has 0 bridgehead atoms. The standard InChI is InChI=1S/C15H20N2O.C15H23NO4S/c1-4-5-14-9-13-8-12(6-7-15(13)16-14)10-17(3)11(2)18;1-6-7-13(17)10-16(4)21(18,19)15-11(2)8-14(20-5)9-12(15)3/h6-8H,4-5,9-10H2,1-3H3;8-9H,6-7,10H2,1-5H3. The SMILES string of the molecule is CCCC(=O)CN(C)S(=O)(=O)c1c(C)cc(OC)cc1C.CCCC1=Nc2ccc(CN(C)C(C)=O)cc2C1. The summed E-state index contributed by atoms with van der Waals surface area (Å²) in [5.74, 6) is 0.638. The first-order valence-electron chi connectivity index (χ1n) is 13.4. The van der Waals surface area contributed by atoms with E-state index in [1.807, 2.05) is 14.0 Å². The van der Waals surface area contributed by atoms with Crippen LogP contribution in [0, 0.1) is 13.8 Å². The lowest BCUT2D eigenvalue weighted by Gasteiger charge is -2.20. The monoisotopic (exact) mass is 557 g/mol. The van der Waals surface area contributed by atoms with Crippen LogP contribution in [-0.4, -0.2) is 62.8 Å². The largest absolute Gasteiger partial charge is 0.497 e. The van der Waals surface area contributed by atoms with Gasteiger partial charge in [-0.15, -0.1) is 0 Å². The zero-order chi connectivity index (χ0) is 29.3. The number of benzene rings is 2. The Balaban J connectivity index is 0.000000276. The first-order valence-corrected chi connectivity index (χ1v) is 14.8. The van der Waals surface area contributed by atoms with E-state index in [0.29, 0.717) is 36.3 Å². The zero-order valence-electron chi connectivity index (χ0n) is 24.6. The number of Topliss-reactive ketones (excluding diaryl/α,β-unsaturated/α-hetero) is 1. The lowest BCUT2D eigenvalue weighted by molar-refractivity contribution is -0.128. The molecule has 0 aliphatic carbocycles. The van der Waals surface area contributed by atoms with Gasteiger partial charge < -0.3 is 9.64 Å². The van der Waals surface area contributed by atoms with Gasteiger partial charge in [-0.2, -0.15) is 4.31 Å². The van der Waals surface area contributed by atoms with Gasteiger partial charge in [-0.25, -0.2) is 8.42 Å². The third kappa shape index (κ3) is 8.73. The van der Waals surface area contributed by atoms with Crippen molar-refractivity contribution in [1.82, 2.24) is 9.21 Å². The number of ketones is 1. The van der Waals surface area contributed by atoms with Crippen molar-refractivity contribution in [1.29, 1.82) is 0 Å². The van der Waals surface area contributed by atoms with Crippen molar-refractivity contribution >= 4 is 33.1 Å². The van der Waals surface area contributed by atoms with Crippen molar-refractivity contribution in [3.8, 4) is 5.75 Å². The summed E-state index contributed by atoms with van der Waals surface area (Å²) in [7, 11) is 1.12. The van der Waals surface area contributed by atoms with Gasteiger partial charge in [0.2, 0.25) is 15.9 Å². The highest BCUT2D eigenvalue weighted by Crippen LogP contribution is 2.29. The van der Waals surface area contributed by atoms with Crippen molar-refractivity contribution < 1.29 is 22.7 Å². The van der Waals surface area contributed by atoms with Crippen LogP contribution < -0.4 is 4.74 Å².